The van der Waals surface area contributed by atoms with Gasteiger partial charge in [0.1, 0.15) is 0 Å². The molecule has 5 rings (SSSR count). The van der Waals surface area contributed by atoms with Crippen LogP contribution in [-0.4, -0.2) is 49.9 Å². The fourth-order valence-corrected chi connectivity index (χ4v) is 6.85. The molecule has 1 aliphatic heterocycles. The zero-order valence-electron chi connectivity index (χ0n) is 21.1. The summed E-state index contributed by atoms with van der Waals surface area (Å²) < 4.78 is 32.4. The third-order valence-corrected chi connectivity index (χ3v) is 9.33. The van der Waals surface area contributed by atoms with Crippen LogP contribution in [-0.2, 0) is 21.2 Å². The molecule has 0 atom stereocenters. The van der Waals surface area contributed by atoms with E-state index in [2.05, 4.69) is 48.6 Å². The first-order valence-electron chi connectivity index (χ1n) is 12.6. The number of thiazole rings is 1. The Kier molecular flexibility index (Phi) is 7.99. The quantitative estimate of drug-likeness (QED) is 0.306. The molecule has 0 radical (unpaired) electrons. The van der Waals surface area contributed by atoms with Gasteiger partial charge in [-0.2, -0.15) is 4.31 Å². The van der Waals surface area contributed by atoms with Gasteiger partial charge in [0.2, 0.25) is 10.0 Å². The van der Waals surface area contributed by atoms with Crippen LogP contribution >= 0.6 is 11.3 Å². The number of anilines is 1. The molecule has 1 aliphatic rings. The summed E-state index contributed by atoms with van der Waals surface area (Å²) in [5.41, 5.74) is 4.53. The predicted octanol–water partition coefficient (Wildman–Crippen LogP) is 5.70. The van der Waals surface area contributed by atoms with Crippen molar-refractivity contribution in [3.05, 3.63) is 89.3 Å². The number of ether oxygens (including phenoxy) is 1. The van der Waals surface area contributed by atoms with Crippen LogP contribution < -0.4 is 5.32 Å². The van der Waals surface area contributed by atoms with E-state index in [-0.39, 0.29) is 10.8 Å². The Morgan fingerprint density at radius 3 is 2.21 bits per heavy atom. The lowest BCUT2D eigenvalue weighted by Crippen LogP contribution is -2.40. The monoisotopic (exact) mass is 547 g/mol. The van der Waals surface area contributed by atoms with Crippen LogP contribution in [0.15, 0.2) is 83.8 Å². The first-order valence-corrected chi connectivity index (χ1v) is 14.9. The van der Waals surface area contributed by atoms with Gasteiger partial charge in [-0.15, -0.1) is 11.3 Å². The number of hydrogen-bond acceptors (Lipinski definition) is 6. The number of aromatic nitrogens is 1. The molecule has 1 N–H and O–H groups in total. The Bertz CT molecular complexity index is 1490. The molecular weight excluding hydrogens is 518 g/mol. The SMILES string of the molecule is CCCc1sc(NC(=O)c2ccc(S(=O)(=O)N3CCOCC3)cc2)nc1-c1ccc(-c2ccccc2)cc1. The maximum atomic E-state index is 13.0. The van der Waals surface area contributed by atoms with E-state index in [1.54, 1.807) is 0 Å². The summed E-state index contributed by atoms with van der Waals surface area (Å²) in [6.07, 6.45) is 1.82. The number of benzene rings is 3. The Hall–Kier alpha value is -3.37. The standard InChI is InChI=1S/C29H29N3O4S2/c1-2-6-26-27(23-11-9-22(10-12-23)21-7-4-3-5-8-21)30-29(37-26)31-28(33)24-13-15-25(16-14-24)38(34,35)32-17-19-36-20-18-32/h3-5,7-16H,2,6,17-20H2,1H3,(H,30,31,33). The van der Waals surface area contributed by atoms with E-state index in [0.29, 0.717) is 37.0 Å². The van der Waals surface area contributed by atoms with Crippen LogP contribution in [0.1, 0.15) is 28.6 Å². The number of carbonyl (C=O) groups excluding carboxylic acids is 1. The molecule has 0 spiro atoms. The molecule has 4 aromatic rings. The van der Waals surface area contributed by atoms with Crippen LogP contribution in [0, 0.1) is 0 Å². The lowest BCUT2D eigenvalue weighted by atomic mass is 10.0. The van der Waals surface area contributed by atoms with Gasteiger partial charge in [-0.25, -0.2) is 13.4 Å². The average Bonchev–Trinajstić information content (AvgIpc) is 3.36. The molecule has 0 bridgehead atoms. The number of aryl methyl sites for hydroxylation is 1. The van der Waals surface area contributed by atoms with Gasteiger partial charge in [0, 0.05) is 29.1 Å². The van der Waals surface area contributed by atoms with Crippen molar-refractivity contribution >= 4 is 32.4 Å². The highest BCUT2D eigenvalue weighted by Crippen LogP contribution is 2.33. The number of nitrogens with one attached hydrogen (secondary N) is 1. The Morgan fingerprint density at radius 2 is 1.55 bits per heavy atom. The highest BCUT2D eigenvalue weighted by atomic mass is 32.2. The summed E-state index contributed by atoms with van der Waals surface area (Å²) in [5.74, 6) is -0.330. The molecule has 196 valence electrons. The molecule has 1 fully saturated rings. The van der Waals surface area contributed by atoms with Crippen LogP contribution in [0.25, 0.3) is 22.4 Å². The van der Waals surface area contributed by atoms with Crippen LogP contribution in [0.4, 0.5) is 5.13 Å². The van der Waals surface area contributed by atoms with Gasteiger partial charge in [0.05, 0.1) is 23.8 Å². The third kappa shape index (κ3) is 5.71. The van der Waals surface area contributed by atoms with Crippen molar-refractivity contribution in [2.24, 2.45) is 0 Å². The second-order valence-electron chi connectivity index (χ2n) is 8.98. The summed E-state index contributed by atoms with van der Waals surface area (Å²) in [5, 5.41) is 3.42. The molecule has 0 aliphatic carbocycles. The first kappa shape index (κ1) is 26.2. The normalized spacial score (nSPS) is 14.3. The van der Waals surface area contributed by atoms with Crippen LogP contribution in [0.3, 0.4) is 0 Å². The Morgan fingerprint density at radius 1 is 0.921 bits per heavy atom. The van der Waals surface area contributed by atoms with Crippen molar-refractivity contribution < 1.29 is 17.9 Å². The minimum absolute atomic E-state index is 0.164. The predicted molar refractivity (Wildman–Crippen MR) is 151 cm³/mol. The largest absolute Gasteiger partial charge is 0.379 e. The molecule has 0 unspecified atom stereocenters. The van der Waals surface area contributed by atoms with Gasteiger partial charge >= 0.3 is 0 Å². The van der Waals surface area contributed by atoms with Gasteiger partial charge in [0.25, 0.3) is 5.91 Å². The number of morpholine rings is 1. The van der Waals surface area contributed by atoms with E-state index in [1.165, 1.54) is 39.9 Å². The topological polar surface area (TPSA) is 88.6 Å². The van der Waals surface area contributed by atoms with Gasteiger partial charge in [-0.3, -0.25) is 10.1 Å². The second-order valence-corrected chi connectivity index (χ2v) is 12.0. The van der Waals surface area contributed by atoms with Crippen molar-refractivity contribution in [2.45, 2.75) is 24.7 Å². The summed E-state index contributed by atoms with van der Waals surface area (Å²) in [7, 11) is -3.61. The number of nitrogens with zero attached hydrogens (tertiary/aromatic N) is 2. The lowest BCUT2D eigenvalue weighted by molar-refractivity contribution is 0.0730. The third-order valence-electron chi connectivity index (χ3n) is 6.38. The van der Waals surface area contributed by atoms with Crippen molar-refractivity contribution in [2.75, 3.05) is 31.6 Å². The van der Waals surface area contributed by atoms with E-state index in [1.807, 2.05) is 18.2 Å². The maximum Gasteiger partial charge on any atom is 0.257 e. The molecule has 1 saturated heterocycles. The molecule has 0 saturated carbocycles. The van der Waals surface area contributed by atoms with Crippen LogP contribution in [0.5, 0.6) is 0 Å². The van der Waals surface area contributed by atoms with Crippen molar-refractivity contribution in [3.8, 4) is 22.4 Å². The van der Waals surface area contributed by atoms with E-state index in [9.17, 15) is 13.2 Å². The fourth-order valence-electron chi connectivity index (χ4n) is 4.36. The second kappa shape index (κ2) is 11.6. The zero-order chi connectivity index (χ0) is 26.5. The van der Waals surface area contributed by atoms with Crippen molar-refractivity contribution in [1.29, 1.82) is 0 Å². The number of hydrogen-bond donors (Lipinski definition) is 1. The smallest absolute Gasteiger partial charge is 0.257 e. The lowest BCUT2D eigenvalue weighted by Gasteiger charge is -2.26. The summed E-state index contributed by atoms with van der Waals surface area (Å²) in [6, 6.07) is 24.5. The highest BCUT2D eigenvalue weighted by Gasteiger charge is 2.26. The summed E-state index contributed by atoms with van der Waals surface area (Å²) >= 11 is 1.47. The Labute approximate surface area is 227 Å². The van der Waals surface area contributed by atoms with E-state index < -0.39 is 10.0 Å². The maximum absolute atomic E-state index is 13.0. The molecule has 1 amide bonds. The van der Waals surface area contributed by atoms with E-state index in [4.69, 9.17) is 9.72 Å². The number of rotatable bonds is 8. The summed E-state index contributed by atoms with van der Waals surface area (Å²) in [6.45, 7) is 3.53. The van der Waals surface area contributed by atoms with Gasteiger partial charge < -0.3 is 4.74 Å². The van der Waals surface area contributed by atoms with Crippen molar-refractivity contribution in [1.82, 2.24) is 9.29 Å². The van der Waals surface area contributed by atoms with Gasteiger partial charge in [-0.1, -0.05) is 67.9 Å². The van der Waals surface area contributed by atoms with Gasteiger partial charge in [-0.05, 0) is 41.8 Å². The minimum atomic E-state index is -3.61. The van der Waals surface area contributed by atoms with E-state index in [0.717, 1.165) is 40.1 Å². The fraction of sp³-hybridized carbons (Fsp3) is 0.241. The number of carbonyl (C=O) groups is 1. The average molecular weight is 548 g/mol. The zero-order valence-corrected chi connectivity index (χ0v) is 22.7. The molecule has 7 nitrogen and oxygen atoms in total. The highest BCUT2D eigenvalue weighted by molar-refractivity contribution is 7.89. The molecular formula is C29H29N3O4S2. The molecule has 38 heavy (non-hydrogen) atoms. The van der Waals surface area contributed by atoms with Crippen molar-refractivity contribution in [3.63, 3.8) is 0 Å². The minimum Gasteiger partial charge on any atom is -0.379 e. The van der Waals surface area contributed by atoms with Crippen LogP contribution in [0.2, 0.25) is 0 Å². The Balaban J connectivity index is 1.32. The molecule has 3 aromatic carbocycles. The number of sulfonamides is 1. The summed E-state index contributed by atoms with van der Waals surface area (Å²) in [4.78, 5) is 19.0. The number of amides is 1. The first-order chi connectivity index (χ1) is 18.5. The van der Waals surface area contributed by atoms with E-state index >= 15 is 0 Å². The van der Waals surface area contributed by atoms with Gasteiger partial charge in [0.15, 0.2) is 5.13 Å². The molecule has 9 heteroatoms. The molecule has 2 heterocycles. The molecule has 1 aromatic heterocycles.